The van der Waals surface area contributed by atoms with Crippen molar-refractivity contribution in [3.05, 3.63) is 53.7 Å². The second-order valence-electron chi connectivity index (χ2n) is 6.96. The van der Waals surface area contributed by atoms with Gasteiger partial charge in [-0.1, -0.05) is 24.3 Å². The number of carbonyl (C=O) groups is 1. The van der Waals surface area contributed by atoms with Crippen LogP contribution in [-0.4, -0.2) is 24.0 Å². The van der Waals surface area contributed by atoms with Gasteiger partial charge in [0.2, 0.25) is 5.91 Å². The molecule has 1 amide bonds. The highest BCUT2D eigenvalue weighted by Crippen LogP contribution is 2.51. The Kier molecular flexibility index (Phi) is 3.44. The molecule has 24 heavy (non-hydrogen) atoms. The van der Waals surface area contributed by atoms with E-state index in [1.54, 1.807) is 12.3 Å². The van der Waals surface area contributed by atoms with E-state index in [9.17, 15) is 4.79 Å². The molecular formula is C19H22N4O. The minimum Gasteiger partial charge on any atom is -0.399 e. The Morgan fingerprint density at radius 1 is 1.21 bits per heavy atom. The van der Waals surface area contributed by atoms with Crippen LogP contribution in [0.25, 0.3) is 0 Å². The third kappa shape index (κ3) is 2.31. The second-order valence-corrected chi connectivity index (χ2v) is 6.96. The molecule has 2 heterocycles. The zero-order valence-electron chi connectivity index (χ0n) is 13.6. The van der Waals surface area contributed by atoms with Gasteiger partial charge in [0.15, 0.2) is 0 Å². The molecule has 5 nitrogen and oxygen atoms in total. The topological polar surface area (TPSA) is 85.2 Å². The Labute approximate surface area is 141 Å². The predicted octanol–water partition coefficient (Wildman–Crippen LogP) is 2.17. The van der Waals surface area contributed by atoms with Gasteiger partial charge in [-0.25, -0.2) is 4.98 Å². The van der Waals surface area contributed by atoms with Crippen LogP contribution in [0.15, 0.2) is 42.6 Å². The molecule has 0 radical (unpaired) electrons. The summed E-state index contributed by atoms with van der Waals surface area (Å²) in [6, 6.07) is 12.0. The number of aromatic nitrogens is 1. The molecule has 1 aliphatic heterocycles. The molecule has 2 aromatic rings. The maximum absolute atomic E-state index is 11.9. The van der Waals surface area contributed by atoms with Crippen LogP contribution in [-0.2, 0) is 10.2 Å². The van der Waals surface area contributed by atoms with Crippen LogP contribution in [0.1, 0.15) is 36.3 Å². The summed E-state index contributed by atoms with van der Waals surface area (Å²) in [5.74, 6) is 0.570. The standard InChI is InChI=1S/C19H22N4O/c20-13-5-8-22-17(11-13)23-9-6-19(7-10-23)12-15(18(21)24)14-3-1-2-4-16(14)19/h1-5,8,11,15H,6-7,9-10,12H2,(H2,20,22)(H2,21,24)/t15-/m0/s1. The summed E-state index contributed by atoms with van der Waals surface area (Å²) < 4.78 is 0. The molecule has 0 unspecified atom stereocenters. The number of amides is 1. The lowest BCUT2D eigenvalue weighted by molar-refractivity contribution is -0.119. The van der Waals surface area contributed by atoms with Crippen molar-refractivity contribution < 1.29 is 4.79 Å². The van der Waals surface area contributed by atoms with E-state index in [1.165, 1.54) is 5.56 Å². The fraction of sp³-hybridized carbons (Fsp3) is 0.368. The van der Waals surface area contributed by atoms with Crippen molar-refractivity contribution in [2.45, 2.75) is 30.6 Å². The van der Waals surface area contributed by atoms with E-state index in [2.05, 4.69) is 28.1 Å². The SMILES string of the molecule is NC(=O)[C@H]1CC2(CCN(c3cc(N)ccn3)CC2)c2ccccc21. The lowest BCUT2D eigenvalue weighted by Gasteiger charge is -2.41. The summed E-state index contributed by atoms with van der Waals surface area (Å²) in [6.07, 6.45) is 4.59. The molecule has 5 heteroatoms. The Balaban J connectivity index is 1.60. The van der Waals surface area contributed by atoms with E-state index < -0.39 is 0 Å². The van der Waals surface area contributed by atoms with Crippen molar-refractivity contribution in [1.82, 2.24) is 4.98 Å². The van der Waals surface area contributed by atoms with Gasteiger partial charge in [-0.05, 0) is 36.5 Å². The molecule has 1 spiro atoms. The van der Waals surface area contributed by atoms with Crippen LogP contribution in [0.4, 0.5) is 11.5 Å². The van der Waals surface area contributed by atoms with Crippen molar-refractivity contribution in [2.24, 2.45) is 5.73 Å². The summed E-state index contributed by atoms with van der Waals surface area (Å²) >= 11 is 0. The van der Waals surface area contributed by atoms with Crippen molar-refractivity contribution in [2.75, 3.05) is 23.7 Å². The van der Waals surface area contributed by atoms with Crippen molar-refractivity contribution in [3.63, 3.8) is 0 Å². The van der Waals surface area contributed by atoms with Gasteiger partial charge in [0.25, 0.3) is 0 Å². The highest BCUT2D eigenvalue weighted by molar-refractivity contribution is 5.84. The third-order valence-corrected chi connectivity index (χ3v) is 5.66. The second kappa shape index (κ2) is 5.51. The number of nitrogens with two attached hydrogens (primary N) is 2. The number of piperidine rings is 1. The quantitative estimate of drug-likeness (QED) is 0.887. The van der Waals surface area contributed by atoms with Gasteiger partial charge in [0, 0.05) is 36.5 Å². The van der Waals surface area contributed by atoms with Crippen LogP contribution in [0.2, 0.25) is 0 Å². The number of fused-ring (bicyclic) bond motifs is 2. The van der Waals surface area contributed by atoms with Crippen LogP contribution in [0.3, 0.4) is 0 Å². The number of hydrogen-bond acceptors (Lipinski definition) is 4. The van der Waals surface area contributed by atoms with E-state index in [1.807, 2.05) is 12.1 Å². The Morgan fingerprint density at radius 2 is 1.96 bits per heavy atom. The number of carbonyl (C=O) groups excluding carboxylic acids is 1. The molecule has 124 valence electrons. The lowest BCUT2D eigenvalue weighted by Crippen LogP contribution is -2.42. The first-order valence-electron chi connectivity index (χ1n) is 8.44. The maximum Gasteiger partial charge on any atom is 0.225 e. The number of primary amides is 1. The molecular weight excluding hydrogens is 300 g/mol. The van der Waals surface area contributed by atoms with Crippen LogP contribution >= 0.6 is 0 Å². The van der Waals surface area contributed by atoms with Crippen LogP contribution in [0.5, 0.6) is 0 Å². The Hall–Kier alpha value is -2.56. The van der Waals surface area contributed by atoms with Gasteiger partial charge in [-0.2, -0.15) is 0 Å². The molecule has 1 aromatic heterocycles. The van der Waals surface area contributed by atoms with E-state index in [0.29, 0.717) is 0 Å². The highest BCUT2D eigenvalue weighted by atomic mass is 16.1. The van der Waals surface area contributed by atoms with E-state index in [4.69, 9.17) is 11.5 Å². The number of nitrogens with zero attached hydrogens (tertiary/aromatic N) is 2. The summed E-state index contributed by atoms with van der Waals surface area (Å²) in [7, 11) is 0. The van der Waals surface area contributed by atoms with E-state index in [-0.39, 0.29) is 17.2 Å². The Bertz CT molecular complexity index is 780. The monoisotopic (exact) mass is 322 g/mol. The summed E-state index contributed by atoms with van der Waals surface area (Å²) in [5.41, 5.74) is 14.8. The highest BCUT2D eigenvalue weighted by Gasteiger charge is 2.47. The smallest absolute Gasteiger partial charge is 0.225 e. The molecule has 2 aliphatic rings. The van der Waals surface area contributed by atoms with Gasteiger partial charge >= 0.3 is 0 Å². The molecule has 4 rings (SSSR count). The van der Waals surface area contributed by atoms with Gasteiger partial charge in [0.05, 0.1) is 5.92 Å². The number of nitrogen functional groups attached to an aromatic ring is 1. The molecule has 0 bridgehead atoms. The number of rotatable bonds is 2. The van der Waals surface area contributed by atoms with Crippen LogP contribution < -0.4 is 16.4 Å². The number of anilines is 2. The predicted molar refractivity (Wildman–Crippen MR) is 94.8 cm³/mol. The summed E-state index contributed by atoms with van der Waals surface area (Å²) in [6.45, 7) is 1.83. The normalized spacial score (nSPS) is 21.7. The average Bonchev–Trinajstić information content (AvgIpc) is 2.91. The van der Waals surface area contributed by atoms with Crippen molar-refractivity contribution >= 4 is 17.4 Å². The Morgan fingerprint density at radius 3 is 2.67 bits per heavy atom. The zero-order chi connectivity index (χ0) is 16.7. The van der Waals surface area contributed by atoms with Gasteiger partial charge in [0.1, 0.15) is 5.82 Å². The summed E-state index contributed by atoms with van der Waals surface area (Å²) in [4.78, 5) is 18.6. The molecule has 1 aliphatic carbocycles. The molecule has 4 N–H and O–H groups in total. The zero-order valence-corrected chi connectivity index (χ0v) is 13.6. The van der Waals surface area contributed by atoms with E-state index in [0.717, 1.165) is 49.4 Å². The first-order valence-corrected chi connectivity index (χ1v) is 8.44. The molecule has 1 aromatic carbocycles. The largest absolute Gasteiger partial charge is 0.399 e. The first kappa shape index (κ1) is 15.0. The van der Waals surface area contributed by atoms with Gasteiger partial charge in [-0.15, -0.1) is 0 Å². The number of benzene rings is 1. The average molecular weight is 322 g/mol. The third-order valence-electron chi connectivity index (χ3n) is 5.66. The molecule has 1 saturated heterocycles. The maximum atomic E-state index is 11.9. The fourth-order valence-electron chi connectivity index (χ4n) is 4.39. The molecule has 1 atom stereocenters. The number of pyridine rings is 1. The summed E-state index contributed by atoms with van der Waals surface area (Å²) in [5, 5.41) is 0. The van der Waals surface area contributed by atoms with Gasteiger partial charge in [-0.3, -0.25) is 4.79 Å². The van der Waals surface area contributed by atoms with E-state index >= 15 is 0 Å². The minimum absolute atomic E-state index is 0.0626. The molecule has 0 saturated carbocycles. The van der Waals surface area contributed by atoms with Crippen molar-refractivity contribution in [1.29, 1.82) is 0 Å². The minimum atomic E-state index is -0.209. The fourth-order valence-corrected chi connectivity index (χ4v) is 4.39. The lowest BCUT2D eigenvalue weighted by atomic mass is 9.73. The first-order chi connectivity index (χ1) is 11.6. The van der Waals surface area contributed by atoms with Crippen molar-refractivity contribution in [3.8, 4) is 0 Å². The van der Waals surface area contributed by atoms with Crippen LogP contribution in [0, 0.1) is 0 Å². The number of hydrogen-bond donors (Lipinski definition) is 2. The van der Waals surface area contributed by atoms with Gasteiger partial charge < -0.3 is 16.4 Å². The molecule has 1 fully saturated rings.